The lowest BCUT2D eigenvalue weighted by molar-refractivity contribution is -0.140. The van der Waals surface area contributed by atoms with Gasteiger partial charge in [-0.1, -0.05) is 6.92 Å². The highest BCUT2D eigenvalue weighted by molar-refractivity contribution is 9.10. The average molecular weight is 331 g/mol. The Labute approximate surface area is 121 Å². The number of aromatic nitrogens is 1. The van der Waals surface area contributed by atoms with Crippen LogP contribution in [0.25, 0.3) is 0 Å². The van der Waals surface area contributed by atoms with E-state index >= 15 is 0 Å². The number of carbonyl (C=O) groups is 2. The molecule has 0 unspecified atom stereocenters. The predicted octanol–water partition coefficient (Wildman–Crippen LogP) is 2.30. The molecule has 0 aliphatic carbocycles. The standard InChI is InChI=1S/C13H19BrN2O3/c1-4-6-16-9-10(14)8-11(16)13(18)15(2)7-5-12(17)19-3/h8-9H,4-7H2,1-3H3. The first-order valence-corrected chi connectivity index (χ1v) is 6.96. The van der Waals surface area contributed by atoms with E-state index in [9.17, 15) is 9.59 Å². The van der Waals surface area contributed by atoms with E-state index in [0.29, 0.717) is 12.2 Å². The fraction of sp³-hybridized carbons (Fsp3) is 0.538. The van der Waals surface area contributed by atoms with Gasteiger partial charge in [0.1, 0.15) is 5.69 Å². The lowest BCUT2D eigenvalue weighted by Gasteiger charge is -2.17. The first-order valence-electron chi connectivity index (χ1n) is 6.17. The van der Waals surface area contributed by atoms with Gasteiger partial charge in [0.2, 0.25) is 0 Å². The molecule has 5 nitrogen and oxygen atoms in total. The van der Waals surface area contributed by atoms with Crippen LogP contribution in [0, 0.1) is 0 Å². The van der Waals surface area contributed by atoms with Crippen LogP contribution in [-0.4, -0.2) is 42.0 Å². The highest BCUT2D eigenvalue weighted by atomic mass is 79.9. The molecule has 0 aliphatic heterocycles. The quantitative estimate of drug-likeness (QED) is 0.752. The van der Waals surface area contributed by atoms with Crippen molar-refractivity contribution in [2.75, 3.05) is 20.7 Å². The third kappa shape index (κ3) is 4.38. The van der Waals surface area contributed by atoms with Crippen LogP contribution in [0.4, 0.5) is 0 Å². The first kappa shape index (κ1) is 15.8. The van der Waals surface area contributed by atoms with Gasteiger partial charge in [-0.15, -0.1) is 0 Å². The Balaban J connectivity index is 2.73. The SMILES string of the molecule is CCCn1cc(Br)cc1C(=O)N(C)CCC(=O)OC. The van der Waals surface area contributed by atoms with Crippen LogP contribution in [0.3, 0.4) is 0 Å². The maximum atomic E-state index is 12.3. The molecule has 0 aromatic carbocycles. The van der Waals surface area contributed by atoms with Crippen molar-refractivity contribution in [2.24, 2.45) is 0 Å². The molecule has 0 atom stereocenters. The lowest BCUT2D eigenvalue weighted by atomic mass is 10.3. The highest BCUT2D eigenvalue weighted by Crippen LogP contribution is 2.17. The summed E-state index contributed by atoms with van der Waals surface area (Å²) in [6, 6.07) is 1.80. The number of hydrogen-bond donors (Lipinski definition) is 0. The van der Waals surface area contributed by atoms with Gasteiger partial charge in [0.15, 0.2) is 0 Å². The number of amides is 1. The Morgan fingerprint density at radius 3 is 2.74 bits per heavy atom. The topological polar surface area (TPSA) is 51.5 Å². The molecule has 1 aromatic rings. The van der Waals surface area contributed by atoms with E-state index in [1.807, 2.05) is 10.8 Å². The molecule has 0 spiro atoms. The molecule has 1 amide bonds. The number of methoxy groups -OCH3 is 1. The molecule has 1 rings (SSSR count). The minimum absolute atomic E-state index is 0.0944. The monoisotopic (exact) mass is 330 g/mol. The molecule has 0 N–H and O–H groups in total. The van der Waals surface area contributed by atoms with Gasteiger partial charge in [0.25, 0.3) is 5.91 Å². The number of ether oxygens (including phenoxy) is 1. The zero-order valence-corrected chi connectivity index (χ0v) is 13.1. The fourth-order valence-corrected chi connectivity index (χ4v) is 2.20. The largest absolute Gasteiger partial charge is 0.469 e. The molecular formula is C13H19BrN2O3. The number of esters is 1. The molecule has 0 saturated heterocycles. The zero-order chi connectivity index (χ0) is 14.4. The van der Waals surface area contributed by atoms with Crippen molar-refractivity contribution < 1.29 is 14.3 Å². The van der Waals surface area contributed by atoms with Crippen molar-refractivity contribution in [3.63, 3.8) is 0 Å². The molecular weight excluding hydrogens is 312 g/mol. The van der Waals surface area contributed by atoms with E-state index in [0.717, 1.165) is 17.4 Å². The summed E-state index contributed by atoms with van der Waals surface area (Å²) in [5.74, 6) is -0.409. The van der Waals surface area contributed by atoms with Gasteiger partial charge < -0.3 is 14.2 Å². The Hall–Kier alpha value is -1.30. The maximum absolute atomic E-state index is 12.3. The second-order valence-electron chi connectivity index (χ2n) is 4.29. The van der Waals surface area contributed by atoms with Crippen LogP contribution in [0.15, 0.2) is 16.7 Å². The number of rotatable bonds is 6. The summed E-state index contributed by atoms with van der Waals surface area (Å²) in [7, 11) is 3.02. The Bertz CT molecular complexity index is 457. The molecule has 0 saturated carbocycles. The first-order chi connectivity index (χ1) is 8.99. The van der Waals surface area contributed by atoms with Crippen molar-refractivity contribution in [3.8, 4) is 0 Å². The zero-order valence-electron chi connectivity index (χ0n) is 11.5. The molecule has 6 heteroatoms. The number of hydrogen-bond acceptors (Lipinski definition) is 3. The van der Waals surface area contributed by atoms with Crippen molar-refractivity contribution >= 4 is 27.8 Å². The Kier molecular flexibility index (Phi) is 6.08. The molecule has 0 bridgehead atoms. The number of carbonyl (C=O) groups excluding carboxylic acids is 2. The minimum Gasteiger partial charge on any atom is -0.469 e. The second-order valence-corrected chi connectivity index (χ2v) is 5.21. The summed E-state index contributed by atoms with van der Waals surface area (Å²) in [6.45, 7) is 3.20. The molecule has 106 valence electrons. The second kappa shape index (κ2) is 7.33. The third-order valence-corrected chi connectivity index (χ3v) is 3.21. The van der Waals surface area contributed by atoms with E-state index in [-0.39, 0.29) is 18.3 Å². The number of halogens is 1. The van der Waals surface area contributed by atoms with Crippen molar-refractivity contribution in [2.45, 2.75) is 26.3 Å². The van der Waals surface area contributed by atoms with Crippen LogP contribution in [0.1, 0.15) is 30.3 Å². The lowest BCUT2D eigenvalue weighted by Crippen LogP contribution is -2.30. The highest BCUT2D eigenvalue weighted by Gasteiger charge is 2.17. The van der Waals surface area contributed by atoms with E-state index in [1.54, 1.807) is 13.1 Å². The van der Waals surface area contributed by atoms with Crippen LogP contribution in [0.5, 0.6) is 0 Å². The molecule has 0 fully saturated rings. The molecule has 19 heavy (non-hydrogen) atoms. The summed E-state index contributed by atoms with van der Waals surface area (Å²) in [5.41, 5.74) is 0.626. The van der Waals surface area contributed by atoms with E-state index in [4.69, 9.17) is 0 Å². The van der Waals surface area contributed by atoms with E-state index in [1.165, 1.54) is 12.0 Å². The minimum atomic E-state index is -0.315. The van der Waals surface area contributed by atoms with Gasteiger partial charge in [0, 0.05) is 30.8 Å². The summed E-state index contributed by atoms with van der Waals surface area (Å²) in [5, 5.41) is 0. The van der Waals surface area contributed by atoms with Gasteiger partial charge in [-0.25, -0.2) is 0 Å². The predicted molar refractivity (Wildman–Crippen MR) is 76.0 cm³/mol. The maximum Gasteiger partial charge on any atom is 0.307 e. The molecule has 0 radical (unpaired) electrons. The average Bonchev–Trinajstić information content (AvgIpc) is 2.76. The van der Waals surface area contributed by atoms with E-state index in [2.05, 4.69) is 27.6 Å². The number of nitrogens with zero attached hydrogens (tertiary/aromatic N) is 2. The van der Waals surface area contributed by atoms with Crippen molar-refractivity contribution in [1.82, 2.24) is 9.47 Å². The van der Waals surface area contributed by atoms with Crippen LogP contribution in [-0.2, 0) is 16.1 Å². The van der Waals surface area contributed by atoms with Crippen LogP contribution >= 0.6 is 15.9 Å². The van der Waals surface area contributed by atoms with Gasteiger partial charge in [0.05, 0.1) is 13.5 Å². The molecule has 1 aromatic heterocycles. The van der Waals surface area contributed by atoms with Crippen LogP contribution < -0.4 is 0 Å². The third-order valence-electron chi connectivity index (χ3n) is 2.77. The van der Waals surface area contributed by atoms with E-state index < -0.39 is 0 Å². The van der Waals surface area contributed by atoms with Crippen molar-refractivity contribution in [3.05, 3.63) is 22.4 Å². The van der Waals surface area contributed by atoms with Crippen LogP contribution in [0.2, 0.25) is 0 Å². The van der Waals surface area contributed by atoms with Crippen molar-refractivity contribution in [1.29, 1.82) is 0 Å². The van der Waals surface area contributed by atoms with Gasteiger partial charge >= 0.3 is 5.97 Å². The smallest absolute Gasteiger partial charge is 0.307 e. The summed E-state index contributed by atoms with van der Waals surface area (Å²) in [6.07, 6.45) is 3.05. The normalized spacial score (nSPS) is 10.3. The molecule has 1 heterocycles. The van der Waals surface area contributed by atoms with Gasteiger partial charge in [-0.05, 0) is 28.4 Å². The summed E-state index contributed by atoms with van der Waals surface area (Å²) in [4.78, 5) is 24.9. The Morgan fingerprint density at radius 2 is 2.16 bits per heavy atom. The summed E-state index contributed by atoms with van der Waals surface area (Å²) >= 11 is 3.38. The number of aryl methyl sites for hydroxylation is 1. The summed E-state index contributed by atoms with van der Waals surface area (Å²) < 4.78 is 7.36. The fourth-order valence-electron chi connectivity index (χ4n) is 1.74. The molecule has 0 aliphatic rings. The van der Waals surface area contributed by atoms with Gasteiger partial charge in [-0.3, -0.25) is 9.59 Å². The Morgan fingerprint density at radius 1 is 1.47 bits per heavy atom. The van der Waals surface area contributed by atoms with Gasteiger partial charge in [-0.2, -0.15) is 0 Å².